The van der Waals surface area contributed by atoms with Gasteiger partial charge in [0, 0.05) is 31.4 Å². The molecule has 1 aliphatic rings. The third kappa shape index (κ3) is 4.93. The first-order valence-electron chi connectivity index (χ1n) is 12.1. The molecule has 1 unspecified atom stereocenters. The number of nitrogens with zero attached hydrogens (tertiary/aromatic N) is 2. The van der Waals surface area contributed by atoms with Gasteiger partial charge in [0.2, 0.25) is 11.8 Å². The standard InChI is InChI=1S/C27H30FN3O4S/c1-3-22(27(33)29-4-2)30(18-19-13-15-21(28)16-14-19)25(32)12-7-17-31-23-10-5-8-20-9-6-11-24(26(20)23)36(31,34)35/h5-6,8-11,13-16,22H,3-4,7,12,17-18H2,1-2H3,(H,29,33). The molecule has 0 radical (unpaired) electrons. The van der Waals surface area contributed by atoms with Crippen molar-refractivity contribution in [3.8, 4) is 0 Å². The van der Waals surface area contributed by atoms with Crippen LogP contribution in [-0.4, -0.2) is 44.3 Å². The van der Waals surface area contributed by atoms with Crippen molar-refractivity contribution in [1.29, 1.82) is 0 Å². The van der Waals surface area contributed by atoms with E-state index in [2.05, 4.69) is 5.32 Å². The summed E-state index contributed by atoms with van der Waals surface area (Å²) in [6.07, 6.45) is 0.764. The second-order valence-corrected chi connectivity index (χ2v) is 10.6. The van der Waals surface area contributed by atoms with E-state index in [1.807, 2.05) is 32.0 Å². The summed E-state index contributed by atoms with van der Waals surface area (Å²) >= 11 is 0. The first-order chi connectivity index (χ1) is 17.3. The molecule has 4 rings (SSSR count). The number of carbonyl (C=O) groups excluding carboxylic acids is 2. The third-order valence-electron chi connectivity index (χ3n) is 6.44. The van der Waals surface area contributed by atoms with Crippen LogP contribution in [0.25, 0.3) is 10.8 Å². The quantitative estimate of drug-likeness (QED) is 0.442. The maximum Gasteiger partial charge on any atom is 0.265 e. The monoisotopic (exact) mass is 511 g/mol. The smallest absolute Gasteiger partial charge is 0.265 e. The Labute approximate surface area is 210 Å². The molecule has 0 aliphatic carbocycles. The van der Waals surface area contributed by atoms with Crippen LogP contribution in [0, 0.1) is 5.82 Å². The summed E-state index contributed by atoms with van der Waals surface area (Å²) in [7, 11) is -3.70. The van der Waals surface area contributed by atoms with E-state index >= 15 is 0 Å². The molecule has 3 aromatic rings. The largest absolute Gasteiger partial charge is 0.355 e. The summed E-state index contributed by atoms with van der Waals surface area (Å²) in [6.45, 7) is 4.38. The predicted octanol–water partition coefficient (Wildman–Crippen LogP) is 4.21. The van der Waals surface area contributed by atoms with Gasteiger partial charge in [-0.25, -0.2) is 12.8 Å². The number of rotatable bonds is 10. The van der Waals surface area contributed by atoms with Crippen molar-refractivity contribution in [2.45, 2.75) is 50.6 Å². The highest BCUT2D eigenvalue weighted by Crippen LogP contribution is 2.42. The number of carbonyl (C=O) groups is 2. The summed E-state index contributed by atoms with van der Waals surface area (Å²) in [5.74, 6) is -0.889. The summed E-state index contributed by atoms with van der Waals surface area (Å²) < 4.78 is 41.2. The topological polar surface area (TPSA) is 86.8 Å². The van der Waals surface area contributed by atoms with Crippen molar-refractivity contribution in [3.05, 3.63) is 72.0 Å². The van der Waals surface area contributed by atoms with Crippen LogP contribution in [0.1, 0.15) is 38.7 Å². The molecule has 0 fully saturated rings. The maximum atomic E-state index is 13.4. The highest BCUT2D eigenvalue weighted by atomic mass is 32.2. The number of halogens is 1. The summed E-state index contributed by atoms with van der Waals surface area (Å²) in [5.41, 5.74) is 1.32. The van der Waals surface area contributed by atoms with Crippen LogP contribution in [0.15, 0.2) is 65.6 Å². The Morgan fingerprint density at radius 2 is 1.72 bits per heavy atom. The van der Waals surface area contributed by atoms with E-state index in [0.29, 0.717) is 29.6 Å². The molecular weight excluding hydrogens is 481 g/mol. The minimum Gasteiger partial charge on any atom is -0.355 e. The lowest BCUT2D eigenvalue weighted by molar-refractivity contribution is -0.141. The van der Waals surface area contributed by atoms with E-state index in [1.54, 1.807) is 30.3 Å². The number of anilines is 1. The van der Waals surface area contributed by atoms with Crippen molar-refractivity contribution >= 4 is 38.3 Å². The third-order valence-corrected chi connectivity index (χ3v) is 8.29. The molecule has 0 spiro atoms. The van der Waals surface area contributed by atoms with Crippen LogP contribution in [-0.2, 0) is 26.2 Å². The molecule has 0 bridgehead atoms. The van der Waals surface area contributed by atoms with Crippen molar-refractivity contribution < 1.29 is 22.4 Å². The molecule has 0 saturated heterocycles. The van der Waals surface area contributed by atoms with Gasteiger partial charge in [-0.3, -0.25) is 13.9 Å². The number of likely N-dealkylation sites (N-methyl/N-ethyl adjacent to an activating group) is 1. The van der Waals surface area contributed by atoms with Gasteiger partial charge in [-0.05, 0) is 55.0 Å². The first kappa shape index (κ1) is 25.6. The van der Waals surface area contributed by atoms with Gasteiger partial charge in [0.1, 0.15) is 11.9 Å². The lowest BCUT2D eigenvalue weighted by atomic mass is 10.1. The second kappa shape index (κ2) is 10.7. The molecule has 1 aliphatic heterocycles. The Bertz CT molecular complexity index is 1370. The minimum atomic E-state index is -3.70. The number of sulfonamides is 1. The molecule has 2 amide bonds. The Morgan fingerprint density at radius 1 is 1.03 bits per heavy atom. The average molecular weight is 512 g/mol. The van der Waals surface area contributed by atoms with Crippen molar-refractivity contribution in [1.82, 2.24) is 10.2 Å². The number of amides is 2. The SMILES string of the molecule is CCNC(=O)C(CC)N(Cc1ccc(F)cc1)C(=O)CCCN1c2cccc3cccc(c23)S1(=O)=O. The van der Waals surface area contributed by atoms with Crippen LogP contribution in [0.4, 0.5) is 10.1 Å². The van der Waals surface area contributed by atoms with Crippen molar-refractivity contribution in [2.24, 2.45) is 0 Å². The Balaban J connectivity index is 1.51. The number of nitrogens with one attached hydrogen (secondary N) is 1. The van der Waals surface area contributed by atoms with Gasteiger partial charge in [0.25, 0.3) is 10.0 Å². The molecule has 1 heterocycles. The van der Waals surface area contributed by atoms with Crippen LogP contribution in [0.5, 0.6) is 0 Å². The molecule has 1 atom stereocenters. The number of hydrogen-bond acceptors (Lipinski definition) is 4. The van der Waals surface area contributed by atoms with Gasteiger partial charge < -0.3 is 10.2 Å². The van der Waals surface area contributed by atoms with E-state index in [9.17, 15) is 22.4 Å². The molecule has 36 heavy (non-hydrogen) atoms. The van der Waals surface area contributed by atoms with Gasteiger partial charge in [-0.2, -0.15) is 0 Å². The van der Waals surface area contributed by atoms with Gasteiger partial charge in [0.05, 0.1) is 10.6 Å². The van der Waals surface area contributed by atoms with E-state index in [-0.39, 0.29) is 48.5 Å². The molecule has 0 aromatic heterocycles. The van der Waals surface area contributed by atoms with Crippen molar-refractivity contribution in [2.75, 3.05) is 17.4 Å². The minimum absolute atomic E-state index is 0.0649. The zero-order chi connectivity index (χ0) is 25.9. The summed E-state index contributed by atoms with van der Waals surface area (Å²) in [6, 6.07) is 15.8. The molecule has 1 N–H and O–H groups in total. The van der Waals surface area contributed by atoms with Gasteiger partial charge in [-0.15, -0.1) is 0 Å². The molecule has 7 nitrogen and oxygen atoms in total. The zero-order valence-electron chi connectivity index (χ0n) is 20.4. The molecule has 3 aromatic carbocycles. The van der Waals surface area contributed by atoms with Crippen LogP contribution in [0.2, 0.25) is 0 Å². The van der Waals surface area contributed by atoms with E-state index in [1.165, 1.54) is 21.3 Å². The molecule has 0 saturated carbocycles. The lowest BCUT2D eigenvalue weighted by Crippen LogP contribution is -2.49. The van der Waals surface area contributed by atoms with Crippen LogP contribution in [0.3, 0.4) is 0 Å². The fraction of sp³-hybridized carbons (Fsp3) is 0.333. The Kier molecular flexibility index (Phi) is 7.59. The summed E-state index contributed by atoms with van der Waals surface area (Å²) in [5, 5.41) is 4.33. The zero-order valence-corrected chi connectivity index (χ0v) is 21.2. The normalized spacial score (nSPS) is 14.6. The maximum absolute atomic E-state index is 13.4. The Hall–Kier alpha value is -3.46. The van der Waals surface area contributed by atoms with Gasteiger partial charge in [0.15, 0.2) is 0 Å². The second-order valence-electron chi connectivity index (χ2n) is 8.78. The Morgan fingerprint density at radius 3 is 2.39 bits per heavy atom. The van der Waals surface area contributed by atoms with Crippen LogP contribution >= 0.6 is 0 Å². The summed E-state index contributed by atoms with van der Waals surface area (Å²) in [4.78, 5) is 27.9. The van der Waals surface area contributed by atoms with Crippen molar-refractivity contribution in [3.63, 3.8) is 0 Å². The number of hydrogen-bond donors (Lipinski definition) is 1. The van der Waals surface area contributed by atoms with E-state index < -0.39 is 16.1 Å². The highest BCUT2D eigenvalue weighted by Gasteiger charge is 2.35. The van der Waals surface area contributed by atoms with E-state index in [4.69, 9.17) is 0 Å². The predicted molar refractivity (Wildman–Crippen MR) is 137 cm³/mol. The fourth-order valence-electron chi connectivity index (χ4n) is 4.71. The molecular formula is C27H30FN3O4S. The van der Waals surface area contributed by atoms with Gasteiger partial charge in [-0.1, -0.05) is 43.3 Å². The molecule has 190 valence electrons. The highest BCUT2D eigenvalue weighted by molar-refractivity contribution is 7.93. The fourth-order valence-corrected chi connectivity index (χ4v) is 6.46. The lowest BCUT2D eigenvalue weighted by Gasteiger charge is -2.31. The van der Waals surface area contributed by atoms with Crippen LogP contribution < -0.4 is 9.62 Å². The number of benzene rings is 3. The average Bonchev–Trinajstić information content (AvgIpc) is 3.08. The first-order valence-corrected chi connectivity index (χ1v) is 13.6. The van der Waals surface area contributed by atoms with Gasteiger partial charge >= 0.3 is 0 Å². The van der Waals surface area contributed by atoms with E-state index in [0.717, 1.165) is 5.39 Å². The molecule has 9 heteroatoms.